The minimum Gasteiger partial charge on any atom is -0.353 e. The minimum atomic E-state index is 0.0873. The molecule has 33 heavy (non-hydrogen) atoms. The fraction of sp³-hybridized carbons (Fsp3) is 0.429. The normalized spacial score (nSPS) is 20.7. The predicted octanol–water partition coefficient (Wildman–Crippen LogP) is 5.57. The topological polar surface area (TPSA) is 45.2 Å². The smallest absolute Gasteiger partial charge is 0.226 e. The van der Waals surface area contributed by atoms with E-state index in [-0.39, 0.29) is 17.5 Å². The highest BCUT2D eigenvalue weighted by Gasteiger charge is 2.38. The maximum atomic E-state index is 12.9. The standard InChI is InChI=1S/C28H35N3OS/c1-20-10-8-9-13-23(20)19-28(31(3)4)16-14-24(15-17-28)29-26(32)18-25-21(2)33-27(30-25)22-11-6-5-7-12-22/h5-13,24H,14-19H2,1-4H3,(H,29,32). The zero-order valence-electron chi connectivity index (χ0n) is 20.2. The van der Waals surface area contributed by atoms with Gasteiger partial charge in [0.05, 0.1) is 12.1 Å². The van der Waals surface area contributed by atoms with Crippen LogP contribution in [0.1, 0.15) is 47.4 Å². The third-order valence-electron chi connectivity index (χ3n) is 7.25. The van der Waals surface area contributed by atoms with Gasteiger partial charge in [-0.15, -0.1) is 11.3 Å². The monoisotopic (exact) mass is 461 g/mol. The summed E-state index contributed by atoms with van der Waals surface area (Å²) < 4.78 is 0. The fourth-order valence-corrected chi connectivity index (χ4v) is 5.91. The van der Waals surface area contributed by atoms with Crippen LogP contribution in [0.25, 0.3) is 10.6 Å². The molecule has 1 aliphatic carbocycles. The Kier molecular flexibility index (Phi) is 7.30. The molecule has 0 unspecified atom stereocenters. The summed E-state index contributed by atoms with van der Waals surface area (Å²) in [5.41, 5.74) is 4.96. The van der Waals surface area contributed by atoms with Gasteiger partial charge in [0.25, 0.3) is 0 Å². The maximum absolute atomic E-state index is 12.9. The summed E-state index contributed by atoms with van der Waals surface area (Å²) in [6, 6.07) is 19.1. The number of nitrogens with zero attached hydrogens (tertiary/aromatic N) is 2. The molecule has 0 atom stereocenters. The van der Waals surface area contributed by atoms with Crippen LogP contribution in [0.15, 0.2) is 54.6 Å². The number of aromatic nitrogens is 1. The van der Waals surface area contributed by atoms with Gasteiger partial charge in [0.15, 0.2) is 0 Å². The van der Waals surface area contributed by atoms with Crippen LogP contribution in [0.4, 0.5) is 0 Å². The van der Waals surface area contributed by atoms with Gasteiger partial charge in [-0.2, -0.15) is 0 Å². The van der Waals surface area contributed by atoms with Crippen LogP contribution >= 0.6 is 11.3 Å². The Morgan fingerprint density at radius 3 is 2.39 bits per heavy atom. The molecule has 4 rings (SSSR count). The molecule has 5 heteroatoms. The molecule has 2 aromatic carbocycles. The molecule has 1 amide bonds. The van der Waals surface area contributed by atoms with Crippen molar-refractivity contribution in [2.45, 2.75) is 64.0 Å². The second-order valence-electron chi connectivity index (χ2n) is 9.63. The summed E-state index contributed by atoms with van der Waals surface area (Å²) >= 11 is 1.66. The molecule has 0 spiro atoms. The lowest BCUT2D eigenvalue weighted by atomic mass is 9.74. The molecule has 0 saturated heterocycles. The molecule has 1 fully saturated rings. The van der Waals surface area contributed by atoms with Gasteiger partial charge in [-0.25, -0.2) is 4.98 Å². The number of hydrogen-bond acceptors (Lipinski definition) is 4. The van der Waals surface area contributed by atoms with Gasteiger partial charge < -0.3 is 10.2 Å². The van der Waals surface area contributed by atoms with Gasteiger partial charge in [-0.05, 0) is 71.2 Å². The SMILES string of the molecule is Cc1ccccc1CC1(N(C)C)CCC(NC(=O)Cc2nc(-c3ccccc3)sc2C)CC1. The zero-order chi connectivity index (χ0) is 23.4. The van der Waals surface area contributed by atoms with Crippen LogP contribution in [0.3, 0.4) is 0 Å². The van der Waals surface area contributed by atoms with Crippen molar-refractivity contribution in [1.29, 1.82) is 0 Å². The van der Waals surface area contributed by atoms with Crippen molar-refractivity contribution in [3.05, 3.63) is 76.3 Å². The van der Waals surface area contributed by atoms with Crippen LogP contribution in [0.2, 0.25) is 0 Å². The van der Waals surface area contributed by atoms with E-state index < -0.39 is 0 Å². The van der Waals surface area contributed by atoms with Gasteiger partial charge in [0.1, 0.15) is 5.01 Å². The van der Waals surface area contributed by atoms with Crippen LogP contribution < -0.4 is 5.32 Å². The van der Waals surface area contributed by atoms with Crippen molar-refractivity contribution in [2.24, 2.45) is 0 Å². The maximum Gasteiger partial charge on any atom is 0.226 e. The molecule has 3 aromatic rings. The van der Waals surface area contributed by atoms with Crippen LogP contribution in [0.5, 0.6) is 0 Å². The van der Waals surface area contributed by atoms with Crippen molar-refractivity contribution in [1.82, 2.24) is 15.2 Å². The number of benzene rings is 2. The van der Waals surface area contributed by atoms with E-state index in [9.17, 15) is 4.79 Å². The highest BCUT2D eigenvalue weighted by Crippen LogP contribution is 2.36. The van der Waals surface area contributed by atoms with Crippen LogP contribution in [0, 0.1) is 13.8 Å². The Hall–Kier alpha value is -2.50. The Balaban J connectivity index is 1.35. The fourth-order valence-electron chi connectivity index (χ4n) is 4.97. The lowest BCUT2D eigenvalue weighted by Crippen LogP contribution is -2.52. The molecule has 1 aromatic heterocycles. The molecule has 0 bridgehead atoms. The lowest BCUT2D eigenvalue weighted by molar-refractivity contribution is -0.121. The Bertz CT molecular complexity index is 1080. The largest absolute Gasteiger partial charge is 0.353 e. The highest BCUT2D eigenvalue weighted by atomic mass is 32.1. The summed E-state index contributed by atoms with van der Waals surface area (Å²) in [5.74, 6) is 0.0873. The summed E-state index contributed by atoms with van der Waals surface area (Å²) in [4.78, 5) is 21.1. The van der Waals surface area contributed by atoms with Gasteiger partial charge in [-0.3, -0.25) is 4.79 Å². The number of rotatable bonds is 7. The number of hydrogen-bond donors (Lipinski definition) is 1. The molecule has 1 heterocycles. The average molecular weight is 462 g/mol. The van der Waals surface area contributed by atoms with Crippen molar-refractivity contribution in [3.63, 3.8) is 0 Å². The van der Waals surface area contributed by atoms with Crippen molar-refractivity contribution in [2.75, 3.05) is 14.1 Å². The summed E-state index contributed by atoms with van der Waals surface area (Å²) in [7, 11) is 4.40. The van der Waals surface area contributed by atoms with E-state index in [1.165, 1.54) is 11.1 Å². The molecule has 1 N–H and O–H groups in total. The molecule has 1 saturated carbocycles. The van der Waals surface area contributed by atoms with Crippen LogP contribution in [-0.2, 0) is 17.6 Å². The minimum absolute atomic E-state index is 0.0873. The number of carbonyl (C=O) groups excluding carboxylic acids is 1. The van der Waals surface area contributed by atoms with Gasteiger partial charge in [0.2, 0.25) is 5.91 Å². The van der Waals surface area contributed by atoms with E-state index in [0.717, 1.165) is 53.2 Å². The molecular weight excluding hydrogens is 426 g/mol. The number of amides is 1. The number of likely N-dealkylation sites (N-methyl/N-ethyl adjacent to an activating group) is 1. The molecule has 1 aliphatic rings. The van der Waals surface area contributed by atoms with Crippen molar-refractivity contribution in [3.8, 4) is 10.6 Å². The third-order valence-corrected chi connectivity index (χ3v) is 8.31. The van der Waals surface area contributed by atoms with Gasteiger partial charge in [-0.1, -0.05) is 54.6 Å². The number of thiazole rings is 1. The van der Waals surface area contributed by atoms with Crippen molar-refractivity contribution >= 4 is 17.2 Å². The second-order valence-corrected chi connectivity index (χ2v) is 10.8. The van der Waals surface area contributed by atoms with E-state index in [4.69, 9.17) is 4.98 Å². The number of aryl methyl sites for hydroxylation is 2. The zero-order valence-corrected chi connectivity index (χ0v) is 21.0. The average Bonchev–Trinajstić information content (AvgIpc) is 3.17. The van der Waals surface area contributed by atoms with E-state index in [2.05, 4.69) is 74.6 Å². The Labute approximate surface area is 202 Å². The molecule has 174 valence electrons. The predicted molar refractivity (Wildman–Crippen MR) is 138 cm³/mol. The molecular formula is C28H35N3OS. The quantitative estimate of drug-likeness (QED) is 0.500. The first-order chi connectivity index (χ1) is 15.9. The summed E-state index contributed by atoms with van der Waals surface area (Å²) in [6.45, 7) is 4.26. The second kappa shape index (κ2) is 10.2. The van der Waals surface area contributed by atoms with Gasteiger partial charge in [0, 0.05) is 22.0 Å². The van der Waals surface area contributed by atoms with Crippen molar-refractivity contribution < 1.29 is 4.79 Å². The lowest BCUT2D eigenvalue weighted by Gasteiger charge is -2.45. The highest BCUT2D eigenvalue weighted by molar-refractivity contribution is 7.15. The summed E-state index contributed by atoms with van der Waals surface area (Å²) in [5, 5.41) is 4.29. The molecule has 4 nitrogen and oxygen atoms in total. The number of nitrogens with one attached hydrogen (secondary N) is 1. The molecule has 0 radical (unpaired) electrons. The van der Waals surface area contributed by atoms with E-state index in [0.29, 0.717) is 6.42 Å². The Morgan fingerprint density at radius 2 is 1.73 bits per heavy atom. The Morgan fingerprint density at radius 1 is 1.06 bits per heavy atom. The molecule has 0 aliphatic heterocycles. The first-order valence-corrected chi connectivity index (χ1v) is 12.7. The van der Waals surface area contributed by atoms with Crippen LogP contribution in [-0.4, -0.2) is 41.5 Å². The third kappa shape index (κ3) is 5.53. The first-order valence-electron chi connectivity index (χ1n) is 11.9. The van der Waals surface area contributed by atoms with E-state index in [1.54, 1.807) is 11.3 Å². The van der Waals surface area contributed by atoms with E-state index >= 15 is 0 Å². The van der Waals surface area contributed by atoms with E-state index in [1.807, 2.05) is 18.2 Å². The number of carbonyl (C=O) groups is 1. The van der Waals surface area contributed by atoms with Gasteiger partial charge >= 0.3 is 0 Å². The summed E-state index contributed by atoms with van der Waals surface area (Å²) in [6.07, 6.45) is 5.63. The first kappa shape index (κ1) is 23.7.